The zero-order chi connectivity index (χ0) is 6.43. The number of Topliss-reactive ketones (excluding diaryl/α,β-unsaturated/α-hetero) is 1. The number of hydrogen-bond acceptors (Lipinski definition) is 1. The monoisotopic (exact) mass is 124 g/mol. The first-order valence-corrected chi connectivity index (χ1v) is 3.83. The number of hydrogen-bond donors (Lipinski definition) is 0. The van der Waals surface area contributed by atoms with Crippen LogP contribution in [-0.4, -0.2) is 5.78 Å². The van der Waals surface area contributed by atoms with Gasteiger partial charge in [-0.1, -0.05) is 6.92 Å². The van der Waals surface area contributed by atoms with Crippen LogP contribution in [0.15, 0.2) is 0 Å². The van der Waals surface area contributed by atoms with Gasteiger partial charge in [0.05, 0.1) is 0 Å². The molecule has 0 spiro atoms. The fourth-order valence-corrected chi connectivity index (χ4v) is 1.89. The quantitative estimate of drug-likeness (QED) is 0.479. The second-order valence-electron chi connectivity index (χ2n) is 3.48. The minimum Gasteiger partial charge on any atom is -0.299 e. The van der Waals surface area contributed by atoms with Crippen LogP contribution in [0.3, 0.4) is 0 Å². The van der Waals surface area contributed by atoms with E-state index in [1.807, 2.05) is 0 Å². The van der Waals surface area contributed by atoms with E-state index in [-0.39, 0.29) is 0 Å². The third kappa shape index (κ3) is 0.707. The highest BCUT2D eigenvalue weighted by molar-refractivity contribution is 5.86. The molecule has 0 saturated heterocycles. The molecular weight excluding hydrogens is 112 g/mol. The van der Waals surface area contributed by atoms with Gasteiger partial charge in [0.25, 0.3) is 0 Å². The maximum atomic E-state index is 11.2. The molecule has 0 N–H and O–H groups in total. The smallest absolute Gasteiger partial charge is 0.139 e. The second-order valence-corrected chi connectivity index (χ2v) is 3.48. The van der Waals surface area contributed by atoms with Gasteiger partial charge in [0, 0.05) is 11.8 Å². The predicted molar refractivity (Wildman–Crippen MR) is 35.0 cm³/mol. The second kappa shape index (κ2) is 1.59. The first-order chi connectivity index (χ1) is 4.29. The highest BCUT2D eigenvalue weighted by Gasteiger charge is 2.47. The summed E-state index contributed by atoms with van der Waals surface area (Å²) in [5.41, 5.74) is 0. The van der Waals surface area contributed by atoms with E-state index in [0.29, 0.717) is 17.6 Å². The van der Waals surface area contributed by atoms with Gasteiger partial charge in [0.1, 0.15) is 5.78 Å². The van der Waals surface area contributed by atoms with Crippen LogP contribution < -0.4 is 0 Å². The summed E-state index contributed by atoms with van der Waals surface area (Å²) >= 11 is 0. The summed E-state index contributed by atoms with van der Waals surface area (Å²) < 4.78 is 0. The summed E-state index contributed by atoms with van der Waals surface area (Å²) in [6.45, 7) is 2.07. The fourth-order valence-electron chi connectivity index (χ4n) is 1.89. The van der Waals surface area contributed by atoms with Gasteiger partial charge in [-0.2, -0.15) is 0 Å². The topological polar surface area (TPSA) is 17.1 Å². The molecular formula is C8H12O. The molecule has 2 aliphatic rings. The van der Waals surface area contributed by atoms with Gasteiger partial charge in [-0.05, 0) is 25.2 Å². The average molecular weight is 124 g/mol. The van der Waals surface area contributed by atoms with Crippen molar-refractivity contribution in [1.82, 2.24) is 0 Å². The molecule has 2 saturated carbocycles. The summed E-state index contributed by atoms with van der Waals surface area (Å²) in [6.07, 6.45) is 3.68. The Labute approximate surface area is 55.4 Å². The van der Waals surface area contributed by atoms with Crippen LogP contribution in [0.5, 0.6) is 0 Å². The SMILES string of the molecule is C[C@@H]1CC[C@@H]2C[C@@H]2C1=O. The fraction of sp³-hybridized carbons (Fsp3) is 0.875. The van der Waals surface area contributed by atoms with Crippen molar-refractivity contribution in [2.24, 2.45) is 17.8 Å². The van der Waals surface area contributed by atoms with Crippen molar-refractivity contribution in [2.45, 2.75) is 26.2 Å². The minimum absolute atomic E-state index is 0.383. The number of fused-ring (bicyclic) bond motifs is 1. The van der Waals surface area contributed by atoms with E-state index in [9.17, 15) is 4.79 Å². The molecule has 0 aliphatic heterocycles. The largest absolute Gasteiger partial charge is 0.299 e. The molecule has 0 unspecified atom stereocenters. The summed E-state index contributed by atoms with van der Waals surface area (Å²) in [5, 5.41) is 0. The molecule has 0 aromatic heterocycles. The van der Waals surface area contributed by atoms with Crippen LogP contribution in [0.2, 0.25) is 0 Å². The molecule has 2 rings (SSSR count). The van der Waals surface area contributed by atoms with E-state index < -0.39 is 0 Å². The average Bonchev–Trinajstić information content (AvgIpc) is 2.58. The molecule has 0 heterocycles. The van der Waals surface area contributed by atoms with E-state index in [1.54, 1.807) is 0 Å². The number of rotatable bonds is 0. The minimum atomic E-state index is 0.383. The van der Waals surface area contributed by atoms with Gasteiger partial charge in [-0.15, -0.1) is 0 Å². The lowest BCUT2D eigenvalue weighted by atomic mass is 9.90. The van der Waals surface area contributed by atoms with Crippen molar-refractivity contribution < 1.29 is 4.79 Å². The summed E-state index contributed by atoms with van der Waals surface area (Å²) in [5.74, 6) is 2.25. The molecule has 0 amide bonds. The van der Waals surface area contributed by atoms with E-state index >= 15 is 0 Å². The predicted octanol–water partition coefficient (Wildman–Crippen LogP) is 1.62. The van der Waals surface area contributed by atoms with Gasteiger partial charge in [0.2, 0.25) is 0 Å². The molecule has 2 fully saturated rings. The van der Waals surface area contributed by atoms with Crippen LogP contribution >= 0.6 is 0 Å². The van der Waals surface area contributed by atoms with Gasteiger partial charge in [-0.3, -0.25) is 4.79 Å². The van der Waals surface area contributed by atoms with Crippen molar-refractivity contribution >= 4 is 5.78 Å². The lowest BCUT2D eigenvalue weighted by molar-refractivity contribution is -0.125. The third-order valence-electron chi connectivity index (χ3n) is 2.74. The van der Waals surface area contributed by atoms with Crippen LogP contribution in [-0.2, 0) is 4.79 Å². The van der Waals surface area contributed by atoms with Crippen LogP contribution in [0.25, 0.3) is 0 Å². The van der Waals surface area contributed by atoms with Crippen molar-refractivity contribution in [1.29, 1.82) is 0 Å². The van der Waals surface area contributed by atoms with Crippen molar-refractivity contribution in [3.05, 3.63) is 0 Å². The highest BCUT2D eigenvalue weighted by atomic mass is 16.1. The molecule has 9 heavy (non-hydrogen) atoms. The zero-order valence-electron chi connectivity index (χ0n) is 5.76. The van der Waals surface area contributed by atoms with Crippen molar-refractivity contribution in [2.75, 3.05) is 0 Å². The Balaban J connectivity index is 2.10. The number of ketones is 1. The van der Waals surface area contributed by atoms with E-state index in [0.717, 1.165) is 12.3 Å². The number of carbonyl (C=O) groups excluding carboxylic acids is 1. The highest BCUT2D eigenvalue weighted by Crippen LogP contribution is 2.48. The third-order valence-corrected chi connectivity index (χ3v) is 2.74. The normalized spacial score (nSPS) is 48.6. The lowest BCUT2D eigenvalue weighted by Gasteiger charge is -2.14. The Morgan fingerprint density at radius 3 is 2.89 bits per heavy atom. The Hall–Kier alpha value is -0.330. The summed E-state index contributed by atoms with van der Waals surface area (Å²) in [6, 6.07) is 0. The number of carbonyl (C=O) groups is 1. The van der Waals surface area contributed by atoms with Gasteiger partial charge in [0.15, 0.2) is 0 Å². The molecule has 2 aliphatic carbocycles. The zero-order valence-corrected chi connectivity index (χ0v) is 5.76. The van der Waals surface area contributed by atoms with Crippen LogP contribution in [0, 0.1) is 17.8 Å². The molecule has 0 bridgehead atoms. The van der Waals surface area contributed by atoms with Crippen molar-refractivity contribution in [3.63, 3.8) is 0 Å². The summed E-state index contributed by atoms with van der Waals surface area (Å²) in [7, 11) is 0. The molecule has 0 aromatic carbocycles. The molecule has 1 nitrogen and oxygen atoms in total. The summed E-state index contributed by atoms with van der Waals surface area (Å²) in [4.78, 5) is 11.2. The molecule has 3 atom stereocenters. The molecule has 50 valence electrons. The Morgan fingerprint density at radius 1 is 1.44 bits per heavy atom. The maximum absolute atomic E-state index is 11.2. The molecule has 0 radical (unpaired) electrons. The van der Waals surface area contributed by atoms with Crippen LogP contribution in [0.4, 0.5) is 0 Å². The van der Waals surface area contributed by atoms with Gasteiger partial charge >= 0.3 is 0 Å². The molecule has 0 aromatic rings. The van der Waals surface area contributed by atoms with E-state index in [4.69, 9.17) is 0 Å². The lowest BCUT2D eigenvalue weighted by Crippen LogP contribution is -2.18. The van der Waals surface area contributed by atoms with Crippen molar-refractivity contribution in [3.8, 4) is 0 Å². The Bertz CT molecular complexity index is 147. The standard InChI is InChI=1S/C8H12O/c1-5-2-3-6-4-7(6)8(5)9/h5-7H,2-4H2,1H3/t5-,6-,7+/m1/s1. The maximum Gasteiger partial charge on any atom is 0.139 e. The van der Waals surface area contributed by atoms with Gasteiger partial charge < -0.3 is 0 Å². The first-order valence-electron chi connectivity index (χ1n) is 3.83. The first kappa shape index (κ1) is 5.45. The van der Waals surface area contributed by atoms with Gasteiger partial charge in [-0.25, -0.2) is 0 Å². The van der Waals surface area contributed by atoms with Crippen LogP contribution in [0.1, 0.15) is 26.2 Å². The van der Waals surface area contributed by atoms with E-state index in [1.165, 1.54) is 12.8 Å². The molecule has 1 heteroatoms. The Morgan fingerprint density at radius 2 is 2.22 bits per heavy atom. The van der Waals surface area contributed by atoms with E-state index in [2.05, 4.69) is 6.92 Å². The Kier molecular flexibility index (Phi) is 0.961.